The van der Waals surface area contributed by atoms with E-state index < -0.39 is 0 Å². The van der Waals surface area contributed by atoms with E-state index in [1.807, 2.05) is 0 Å². The number of thiazole rings is 1. The maximum atomic E-state index is 11.4. The summed E-state index contributed by atoms with van der Waals surface area (Å²) >= 11 is 1.65. The summed E-state index contributed by atoms with van der Waals surface area (Å²) in [4.78, 5) is 17.8. The second kappa shape index (κ2) is 5.85. The van der Waals surface area contributed by atoms with Gasteiger partial charge in [-0.15, -0.1) is 11.3 Å². The number of aryl methyl sites for hydroxylation is 2. The lowest BCUT2D eigenvalue weighted by atomic mass is 10.1. The minimum atomic E-state index is -0.207. The maximum Gasteiger partial charge on any atom is 0.409 e. The number of hydrogen-bond acceptors (Lipinski definition) is 4. The van der Waals surface area contributed by atoms with Gasteiger partial charge in [-0.3, -0.25) is 0 Å². The lowest BCUT2D eigenvalue weighted by Gasteiger charge is -2.10. The number of aromatic nitrogens is 1. The summed E-state index contributed by atoms with van der Waals surface area (Å²) in [5.74, 6) is 0. The molecule has 0 N–H and O–H groups in total. The molecule has 110 valence electrons. The Morgan fingerprint density at radius 1 is 1.33 bits per heavy atom. The number of benzene rings is 1. The topological polar surface area (TPSA) is 42.4 Å². The second-order valence-electron chi connectivity index (χ2n) is 5.28. The van der Waals surface area contributed by atoms with Crippen LogP contribution in [0.2, 0.25) is 0 Å². The van der Waals surface area contributed by atoms with Gasteiger partial charge in [0.05, 0.1) is 17.2 Å². The van der Waals surface area contributed by atoms with Gasteiger partial charge in [0.1, 0.15) is 6.61 Å². The summed E-state index contributed by atoms with van der Waals surface area (Å²) in [6.45, 7) is 6.10. The highest BCUT2D eigenvalue weighted by Gasteiger charge is 2.21. The fourth-order valence-corrected chi connectivity index (χ4v) is 3.12. The molecular weight excluding hydrogens is 284 g/mol. The summed E-state index contributed by atoms with van der Waals surface area (Å²) in [5, 5.41) is 3.14. The van der Waals surface area contributed by atoms with Crippen LogP contribution in [0.4, 0.5) is 4.79 Å². The quantitative estimate of drug-likeness (QED) is 0.869. The summed E-state index contributed by atoms with van der Waals surface area (Å²) in [7, 11) is 0. The molecule has 0 atom stereocenters. The average Bonchev–Trinajstić information content (AvgIpc) is 3.09. The highest BCUT2D eigenvalue weighted by atomic mass is 32.1. The van der Waals surface area contributed by atoms with Gasteiger partial charge in [-0.1, -0.05) is 12.1 Å². The Hall–Kier alpha value is -1.88. The molecule has 1 fully saturated rings. The third-order valence-corrected chi connectivity index (χ3v) is 4.70. The largest absolute Gasteiger partial charge is 0.448 e. The Balaban J connectivity index is 1.68. The van der Waals surface area contributed by atoms with E-state index in [0.717, 1.165) is 22.7 Å². The van der Waals surface area contributed by atoms with Crippen LogP contribution in [-0.2, 0) is 11.2 Å². The highest BCUT2D eigenvalue weighted by molar-refractivity contribution is 7.09. The molecule has 0 bridgehead atoms. The second-order valence-corrected chi connectivity index (χ2v) is 6.22. The van der Waals surface area contributed by atoms with Crippen molar-refractivity contribution in [1.29, 1.82) is 0 Å². The number of rotatable bonds is 4. The molecule has 0 unspecified atom stereocenters. The minimum Gasteiger partial charge on any atom is -0.448 e. The predicted octanol–water partition coefficient (Wildman–Crippen LogP) is 3.42. The molecular formula is C16H18N2O2S. The Morgan fingerprint density at radius 3 is 2.90 bits per heavy atom. The van der Waals surface area contributed by atoms with Crippen LogP contribution in [0.1, 0.15) is 16.1 Å². The molecule has 0 radical (unpaired) electrons. The predicted molar refractivity (Wildman–Crippen MR) is 83.6 cm³/mol. The molecule has 1 amide bonds. The van der Waals surface area contributed by atoms with Crippen LogP contribution < -0.4 is 0 Å². The third-order valence-electron chi connectivity index (χ3n) is 3.79. The Morgan fingerprint density at radius 2 is 2.19 bits per heavy atom. The molecule has 0 spiro atoms. The first-order chi connectivity index (χ1) is 10.1. The number of ether oxygens (including phenoxy) is 1. The smallest absolute Gasteiger partial charge is 0.409 e. The standard InChI is InChI=1S/C16H18N2O2S/c1-11-3-4-13(9-12(11)2)14-10-21-15(17-14)5-6-18-7-8-20-16(18)19/h3-4,9-10H,5-8H2,1-2H3. The Kier molecular flexibility index (Phi) is 3.92. The van der Waals surface area contributed by atoms with Crippen molar-refractivity contribution in [3.05, 3.63) is 39.7 Å². The van der Waals surface area contributed by atoms with Crippen molar-refractivity contribution in [2.24, 2.45) is 0 Å². The van der Waals surface area contributed by atoms with Crippen molar-refractivity contribution in [2.75, 3.05) is 19.7 Å². The third kappa shape index (κ3) is 3.08. The van der Waals surface area contributed by atoms with E-state index in [4.69, 9.17) is 4.74 Å². The van der Waals surface area contributed by atoms with Crippen molar-refractivity contribution in [1.82, 2.24) is 9.88 Å². The molecule has 1 aromatic heterocycles. The summed E-state index contributed by atoms with van der Waals surface area (Å²) < 4.78 is 4.92. The first kappa shape index (κ1) is 14.1. The minimum absolute atomic E-state index is 0.207. The van der Waals surface area contributed by atoms with E-state index in [2.05, 4.69) is 42.4 Å². The van der Waals surface area contributed by atoms with E-state index in [9.17, 15) is 4.79 Å². The average molecular weight is 302 g/mol. The number of hydrogen-bond donors (Lipinski definition) is 0. The molecule has 4 nitrogen and oxygen atoms in total. The van der Waals surface area contributed by atoms with Crippen molar-refractivity contribution in [3.8, 4) is 11.3 Å². The SMILES string of the molecule is Cc1ccc(-c2csc(CCN3CCOC3=O)n2)cc1C. The number of carbonyl (C=O) groups is 1. The van der Waals surface area contributed by atoms with Crippen LogP contribution in [0.15, 0.2) is 23.6 Å². The molecule has 3 rings (SSSR count). The fourth-order valence-electron chi connectivity index (χ4n) is 2.32. The van der Waals surface area contributed by atoms with Gasteiger partial charge < -0.3 is 9.64 Å². The van der Waals surface area contributed by atoms with E-state index in [-0.39, 0.29) is 6.09 Å². The van der Waals surface area contributed by atoms with Gasteiger partial charge in [-0.25, -0.2) is 9.78 Å². The zero-order valence-corrected chi connectivity index (χ0v) is 13.1. The molecule has 5 heteroatoms. The van der Waals surface area contributed by atoms with E-state index in [1.54, 1.807) is 16.2 Å². The monoisotopic (exact) mass is 302 g/mol. The van der Waals surface area contributed by atoms with E-state index in [1.165, 1.54) is 11.1 Å². The van der Waals surface area contributed by atoms with Crippen molar-refractivity contribution < 1.29 is 9.53 Å². The molecule has 21 heavy (non-hydrogen) atoms. The zero-order chi connectivity index (χ0) is 14.8. The molecule has 1 aromatic carbocycles. The first-order valence-corrected chi connectivity index (χ1v) is 7.95. The van der Waals surface area contributed by atoms with Gasteiger partial charge in [-0.05, 0) is 31.0 Å². The van der Waals surface area contributed by atoms with Crippen molar-refractivity contribution in [3.63, 3.8) is 0 Å². The fraction of sp³-hybridized carbons (Fsp3) is 0.375. The van der Waals surface area contributed by atoms with Crippen molar-refractivity contribution in [2.45, 2.75) is 20.3 Å². The highest BCUT2D eigenvalue weighted by Crippen LogP contribution is 2.24. The van der Waals surface area contributed by atoms with Crippen LogP contribution in [0.5, 0.6) is 0 Å². The molecule has 1 saturated heterocycles. The molecule has 2 heterocycles. The van der Waals surface area contributed by atoms with Gasteiger partial charge in [-0.2, -0.15) is 0 Å². The zero-order valence-electron chi connectivity index (χ0n) is 12.3. The van der Waals surface area contributed by atoms with Crippen LogP contribution in [0, 0.1) is 13.8 Å². The van der Waals surface area contributed by atoms with Crippen LogP contribution in [-0.4, -0.2) is 35.7 Å². The van der Waals surface area contributed by atoms with E-state index in [0.29, 0.717) is 19.7 Å². The molecule has 0 saturated carbocycles. The van der Waals surface area contributed by atoms with Crippen molar-refractivity contribution >= 4 is 17.4 Å². The molecule has 1 aliphatic heterocycles. The number of cyclic esters (lactones) is 1. The van der Waals surface area contributed by atoms with Gasteiger partial charge in [0.2, 0.25) is 0 Å². The lowest BCUT2D eigenvalue weighted by molar-refractivity contribution is 0.159. The van der Waals surface area contributed by atoms with Gasteiger partial charge in [0, 0.05) is 23.9 Å². The molecule has 0 aliphatic carbocycles. The number of nitrogens with zero attached hydrogens (tertiary/aromatic N) is 2. The lowest BCUT2D eigenvalue weighted by Crippen LogP contribution is -2.26. The summed E-state index contributed by atoms with van der Waals surface area (Å²) in [5.41, 5.74) is 4.74. The molecule has 1 aliphatic rings. The summed E-state index contributed by atoms with van der Waals surface area (Å²) in [6.07, 6.45) is 0.575. The van der Waals surface area contributed by atoms with Gasteiger partial charge >= 0.3 is 6.09 Å². The number of amides is 1. The number of carbonyl (C=O) groups excluding carboxylic acids is 1. The van der Waals surface area contributed by atoms with Gasteiger partial charge in [0.15, 0.2) is 0 Å². The van der Waals surface area contributed by atoms with Crippen LogP contribution >= 0.6 is 11.3 Å². The first-order valence-electron chi connectivity index (χ1n) is 7.07. The van der Waals surface area contributed by atoms with Gasteiger partial charge in [0.25, 0.3) is 0 Å². The summed E-state index contributed by atoms with van der Waals surface area (Å²) in [6, 6.07) is 6.41. The molecule has 2 aromatic rings. The Bertz CT molecular complexity index is 666. The van der Waals surface area contributed by atoms with Crippen LogP contribution in [0.25, 0.3) is 11.3 Å². The Labute approximate surface area is 128 Å². The van der Waals surface area contributed by atoms with E-state index >= 15 is 0 Å². The normalized spacial score (nSPS) is 14.6. The maximum absolute atomic E-state index is 11.4. The van der Waals surface area contributed by atoms with Crippen LogP contribution in [0.3, 0.4) is 0 Å².